The van der Waals surface area contributed by atoms with Crippen LogP contribution in [0, 0.1) is 0 Å². The molecule has 0 spiro atoms. The van der Waals surface area contributed by atoms with Crippen LogP contribution in [0.2, 0.25) is 10.0 Å². The molecule has 2 aromatic carbocycles. The van der Waals surface area contributed by atoms with Gasteiger partial charge in [0, 0.05) is 11.4 Å². The minimum atomic E-state index is -0.285. The van der Waals surface area contributed by atoms with Gasteiger partial charge in [0.15, 0.2) is 0 Å². The van der Waals surface area contributed by atoms with Crippen molar-refractivity contribution in [2.24, 2.45) is 0 Å². The zero-order valence-corrected chi connectivity index (χ0v) is 12.7. The van der Waals surface area contributed by atoms with E-state index < -0.39 is 0 Å². The number of rotatable bonds is 6. The zero-order chi connectivity index (χ0) is 15.1. The predicted octanol–water partition coefficient (Wildman–Crippen LogP) is 4.76. The zero-order valence-electron chi connectivity index (χ0n) is 11.2. The number of para-hydroxylation sites is 1. The maximum Gasteiger partial charge on any atom is 0.311 e. The molecule has 0 radical (unpaired) electrons. The van der Waals surface area contributed by atoms with E-state index in [0.717, 1.165) is 0 Å². The van der Waals surface area contributed by atoms with Crippen molar-refractivity contribution in [2.45, 2.75) is 12.8 Å². The molecule has 0 amide bonds. The van der Waals surface area contributed by atoms with Gasteiger partial charge in [0.05, 0.1) is 11.6 Å². The van der Waals surface area contributed by atoms with Crippen molar-refractivity contribution in [1.82, 2.24) is 0 Å². The summed E-state index contributed by atoms with van der Waals surface area (Å²) in [6, 6.07) is 14.0. The van der Waals surface area contributed by atoms with Crippen LogP contribution in [0.15, 0.2) is 48.5 Å². The summed E-state index contributed by atoms with van der Waals surface area (Å²) >= 11 is 11.8. The minimum absolute atomic E-state index is 0.278. The van der Waals surface area contributed by atoms with Crippen molar-refractivity contribution >= 4 is 29.2 Å². The maximum absolute atomic E-state index is 11.6. The van der Waals surface area contributed by atoms with E-state index in [-0.39, 0.29) is 12.4 Å². The number of carbonyl (C=O) groups excluding carboxylic acids is 1. The van der Waals surface area contributed by atoms with Crippen LogP contribution in [0.1, 0.15) is 12.8 Å². The van der Waals surface area contributed by atoms with Crippen molar-refractivity contribution in [2.75, 3.05) is 6.61 Å². The molecule has 2 aromatic rings. The van der Waals surface area contributed by atoms with Crippen LogP contribution >= 0.6 is 23.2 Å². The molecule has 5 heteroatoms. The highest BCUT2D eigenvalue weighted by Gasteiger charge is 2.06. The first-order chi connectivity index (χ1) is 10.1. The van der Waals surface area contributed by atoms with Gasteiger partial charge in [-0.2, -0.15) is 0 Å². The van der Waals surface area contributed by atoms with Crippen LogP contribution in [0.5, 0.6) is 11.5 Å². The molecule has 0 aliphatic carbocycles. The quantitative estimate of drug-likeness (QED) is 0.436. The number of hydrogen-bond donors (Lipinski definition) is 0. The third kappa shape index (κ3) is 5.29. The molecule has 0 unspecified atom stereocenters. The van der Waals surface area contributed by atoms with Gasteiger partial charge in [-0.25, -0.2) is 0 Å². The Kier molecular flexibility index (Phi) is 5.90. The molecule has 0 aromatic heterocycles. The molecule has 0 heterocycles. The average Bonchev–Trinajstić information content (AvgIpc) is 2.46. The Bertz CT molecular complexity index is 600. The Morgan fingerprint density at radius 1 is 1.05 bits per heavy atom. The summed E-state index contributed by atoms with van der Waals surface area (Å²) in [5, 5.41) is 1.01. The van der Waals surface area contributed by atoms with E-state index in [0.29, 0.717) is 34.6 Å². The van der Waals surface area contributed by atoms with E-state index in [1.54, 1.807) is 30.3 Å². The fourth-order valence-electron chi connectivity index (χ4n) is 1.66. The van der Waals surface area contributed by atoms with Gasteiger partial charge in [0.1, 0.15) is 11.5 Å². The Labute approximate surface area is 133 Å². The van der Waals surface area contributed by atoms with Crippen molar-refractivity contribution in [3.8, 4) is 11.5 Å². The number of esters is 1. The maximum atomic E-state index is 11.6. The van der Waals surface area contributed by atoms with Crippen LogP contribution in [-0.2, 0) is 4.79 Å². The van der Waals surface area contributed by atoms with Gasteiger partial charge in [-0.05, 0) is 36.8 Å². The van der Waals surface area contributed by atoms with Gasteiger partial charge in [-0.3, -0.25) is 4.79 Å². The van der Waals surface area contributed by atoms with Crippen molar-refractivity contribution in [3.63, 3.8) is 0 Å². The van der Waals surface area contributed by atoms with Crippen LogP contribution in [0.25, 0.3) is 0 Å². The lowest BCUT2D eigenvalue weighted by Gasteiger charge is -2.08. The third-order valence-corrected chi connectivity index (χ3v) is 3.18. The van der Waals surface area contributed by atoms with Crippen LogP contribution in [0.4, 0.5) is 0 Å². The summed E-state index contributed by atoms with van der Waals surface area (Å²) in [5.41, 5.74) is 0. The summed E-state index contributed by atoms with van der Waals surface area (Å²) in [6.45, 7) is 0.380. The van der Waals surface area contributed by atoms with E-state index in [1.807, 2.05) is 18.2 Å². The van der Waals surface area contributed by atoms with Crippen LogP contribution < -0.4 is 9.47 Å². The summed E-state index contributed by atoms with van der Waals surface area (Å²) in [6.07, 6.45) is 0.824. The first kappa shape index (κ1) is 15.7. The smallest absolute Gasteiger partial charge is 0.311 e. The van der Waals surface area contributed by atoms with E-state index in [4.69, 9.17) is 32.7 Å². The Balaban J connectivity index is 1.71. The highest BCUT2D eigenvalue weighted by atomic mass is 35.5. The number of halogens is 2. The highest BCUT2D eigenvalue weighted by molar-refractivity contribution is 6.35. The molecular formula is C16H14Cl2O3. The van der Waals surface area contributed by atoms with Gasteiger partial charge in [0.2, 0.25) is 0 Å². The molecule has 0 fully saturated rings. The van der Waals surface area contributed by atoms with Gasteiger partial charge in [0.25, 0.3) is 0 Å². The van der Waals surface area contributed by atoms with Crippen molar-refractivity contribution < 1.29 is 14.3 Å². The third-order valence-electron chi connectivity index (χ3n) is 2.65. The molecule has 0 bridgehead atoms. The summed E-state index contributed by atoms with van der Waals surface area (Å²) in [5.74, 6) is 0.814. The summed E-state index contributed by atoms with van der Waals surface area (Å²) in [7, 11) is 0. The van der Waals surface area contributed by atoms with Crippen LogP contribution in [0.3, 0.4) is 0 Å². The fraction of sp³-hybridized carbons (Fsp3) is 0.188. The summed E-state index contributed by atoms with van der Waals surface area (Å²) < 4.78 is 10.7. The average molecular weight is 325 g/mol. The Hall–Kier alpha value is -1.71. The standard InChI is InChI=1S/C16H14Cl2O3/c17-12-8-9-15(14(18)11-12)20-10-4-7-16(19)21-13-5-2-1-3-6-13/h1-3,5-6,8-9,11H,4,7,10H2. The Morgan fingerprint density at radius 3 is 2.52 bits per heavy atom. The molecule has 0 atom stereocenters. The molecular weight excluding hydrogens is 311 g/mol. The highest BCUT2D eigenvalue weighted by Crippen LogP contribution is 2.27. The lowest BCUT2D eigenvalue weighted by Crippen LogP contribution is -2.09. The van der Waals surface area contributed by atoms with Crippen LogP contribution in [-0.4, -0.2) is 12.6 Å². The summed E-state index contributed by atoms with van der Waals surface area (Å²) in [4.78, 5) is 11.6. The predicted molar refractivity (Wildman–Crippen MR) is 83.3 cm³/mol. The fourth-order valence-corrected chi connectivity index (χ4v) is 2.12. The molecule has 0 N–H and O–H groups in total. The molecule has 0 aliphatic heterocycles. The molecule has 0 saturated carbocycles. The molecule has 0 saturated heterocycles. The van der Waals surface area contributed by atoms with Crippen molar-refractivity contribution in [3.05, 3.63) is 58.6 Å². The first-order valence-corrected chi connectivity index (χ1v) is 7.24. The Morgan fingerprint density at radius 2 is 1.81 bits per heavy atom. The van der Waals surface area contributed by atoms with Crippen molar-refractivity contribution in [1.29, 1.82) is 0 Å². The SMILES string of the molecule is O=C(CCCOc1ccc(Cl)cc1Cl)Oc1ccccc1. The first-order valence-electron chi connectivity index (χ1n) is 6.49. The lowest BCUT2D eigenvalue weighted by molar-refractivity contribution is -0.134. The monoisotopic (exact) mass is 324 g/mol. The van der Waals surface area contributed by atoms with E-state index in [2.05, 4.69) is 0 Å². The molecule has 3 nitrogen and oxygen atoms in total. The largest absolute Gasteiger partial charge is 0.492 e. The molecule has 21 heavy (non-hydrogen) atoms. The number of benzene rings is 2. The number of hydrogen-bond acceptors (Lipinski definition) is 3. The van der Waals surface area contributed by atoms with Gasteiger partial charge in [-0.15, -0.1) is 0 Å². The number of ether oxygens (including phenoxy) is 2. The normalized spacial score (nSPS) is 10.2. The van der Waals surface area contributed by atoms with E-state index >= 15 is 0 Å². The lowest BCUT2D eigenvalue weighted by atomic mass is 10.3. The van der Waals surface area contributed by atoms with Gasteiger partial charge >= 0.3 is 5.97 Å². The molecule has 2 rings (SSSR count). The van der Waals surface area contributed by atoms with Gasteiger partial charge in [-0.1, -0.05) is 41.4 Å². The molecule has 110 valence electrons. The number of carbonyl (C=O) groups is 1. The molecule has 0 aliphatic rings. The minimum Gasteiger partial charge on any atom is -0.492 e. The topological polar surface area (TPSA) is 35.5 Å². The second-order valence-corrected chi connectivity index (χ2v) is 5.16. The second-order valence-electron chi connectivity index (χ2n) is 4.31. The van der Waals surface area contributed by atoms with E-state index in [9.17, 15) is 4.79 Å². The second kappa shape index (κ2) is 7.91. The van der Waals surface area contributed by atoms with E-state index in [1.165, 1.54) is 0 Å². The van der Waals surface area contributed by atoms with Gasteiger partial charge < -0.3 is 9.47 Å².